The van der Waals surface area contributed by atoms with E-state index in [0.717, 1.165) is 0 Å². The monoisotopic (exact) mass is 200 g/mol. The summed E-state index contributed by atoms with van der Waals surface area (Å²) in [5, 5.41) is 8.19. The number of imidazole rings is 1. The first-order chi connectivity index (χ1) is 6.17. The van der Waals surface area contributed by atoms with Crippen LogP contribution in [0, 0.1) is 11.3 Å². The molecule has 70 valence electrons. The van der Waals surface area contributed by atoms with Gasteiger partial charge in [0.1, 0.15) is 0 Å². The maximum atomic E-state index is 11.3. The third-order valence-corrected chi connectivity index (χ3v) is 2.68. The second kappa shape index (κ2) is 4.02. The summed E-state index contributed by atoms with van der Waals surface area (Å²) in [4.78, 5) is 6.04. The van der Waals surface area contributed by atoms with E-state index in [9.17, 15) is 8.42 Å². The molecule has 1 aromatic rings. The lowest BCUT2D eigenvalue weighted by Crippen LogP contribution is -2.24. The molecule has 13 heavy (non-hydrogen) atoms. The smallest absolute Gasteiger partial charge is 0.257 e. The lowest BCUT2D eigenvalue weighted by molar-refractivity contribution is 0.579. The van der Waals surface area contributed by atoms with E-state index in [1.54, 1.807) is 0 Å². The third-order valence-electron chi connectivity index (χ3n) is 1.29. The fourth-order valence-electron chi connectivity index (χ4n) is 0.709. The number of nitrogens with zero attached hydrogens (tertiary/aromatic N) is 2. The van der Waals surface area contributed by atoms with E-state index in [0.29, 0.717) is 0 Å². The number of nitrogens with one attached hydrogen (secondary N) is 2. The number of aromatic amines is 1. The van der Waals surface area contributed by atoms with Crippen molar-refractivity contribution in [3.05, 3.63) is 12.5 Å². The molecule has 1 rings (SSSR count). The molecule has 0 atom stereocenters. The van der Waals surface area contributed by atoms with Crippen LogP contribution >= 0.6 is 0 Å². The van der Waals surface area contributed by atoms with Crippen LogP contribution in [-0.2, 0) is 10.0 Å². The molecule has 2 N–H and O–H groups in total. The Balaban J connectivity index is 2.64. The summed E-state index contributed by atoms with van der Waals surface area (Å²) in [5.74, 6) is 0. The van der Waals surface area contributed by atoms with Crippen LogP contribution in [0.1, 0.15) is 6.42 Å². The number of hydrogen-bond acceptors (Lipinski definition) is 4. The van der Waals surface area contributed by atoms with Gasteiger partial charge in [-0.05, 0) is 0 Å². The molecule has 0 fully saturated rings. The Kier molecular flexibility index (Phi) is 3.00. The Labute approximate surface area is 75.7 Å². The molecule has 0 unspecified atom stereocenters. The minimum absolute atomic E-state index is 0.00504. The van der Waals surface area contributed by atoms with Crippen LogP contribution in [0.5, 0.6) is 0 Å². The molecule has 0 aliphatic carbocycles. The standard InChI is InChI=1S/C6H8N4O2S/c7-2-1-3-10-13(11,12)6-4-8-5-9-6/h4-5,10H,1,3H2,(H,8,9). The van der Waals surface area contributed by atoms with Gasteiger partial charge in [-0.3, -0.25) is 0 Å². The molecule has 0 aliphatic rings. The van der Waals surface area contributed by atoms with Crippen molar-refractivity contribution in [2.45, 2.75) is 11.4 Å². The summed E-state index contributed by atoms with van der Waals surface area (Å²) in [6, 6.07) is 1.83. The van der Waals surface area contributed by atoms with Gasteiger partial charge < -0.3 is 4.98 Å². The molecule has 0 aliphatic heterocycles. The summed E-state index contributed by atoms with van der Waals surface area (Å²) in [5.41, 5.74) is 0. The van der Waals surface area contributed by atoms with Crippen LogP contribution in [0.4, 0.5) is 0 Å². The van der Waals surface area contributed by atoms with E-state index in [-0.39, 0.29) is 18.0 Å². The third kappa shape index (κ3) is 2.54. The molecule has 7 heteroatoms. The quantitative estimate of drug-likeness (QED) is 0.646. The topological polar surface area (TPSA) is 98.6 Å². The Morgan fingerprint density at radius 1 is 1.69 bits per heavy atom. The minimum Gasteiger partial charge on any atom is -0.335 e. The molecule has 0 aromatic carbocycles. The molecule has 1 aromatic heterocycles. The molecule has 0 saturated heterocycles. The Bertz CT molecular complexity index is 389. The van der Waals surface area contributed by atoms with Crippen molar-refractivity contribution < 1.29 is 8.42 Å². The molecule has 0 radical (unpaired) electrons. The average Bonchev–Trinajstić information content (AvgIpc) is 2.56. The molecular formula is C6H8N4O2S. The van der Waals surface area contributed by atoms with Crippen molar-refractivity contribution in [2.24, 2.45) is 0 Å². The fraction of sp³-hybridized carbons (Fsp3) is 0.333. The summed E-state index contributed by atoms with van der Waals surface area (Å²) in [6.07, 6.45) is 2.63. The van der Waals surface area contributed by atoms with Crippen LogP contribution in [0.2, 0.25) is 0 Å². The highest BCUT2D eigenvalue weighted by atomic mass is 32.2. The van der Waals surface area contributed by atoms with Crippen LogP contribution in [-0.4, -0.2) is 24.9 Å². The number of H-pyrrole nitrogens is 1. The maximum Gasteiger partial charge on any atom is 0.257 e. The zero-order valence-electron chi connectivity index (χ0n) is 6.69. The number of aromatic nitrogens is 2. The van der Waals surface area contributed by atoms with Gasteiger partial charge in [-0.15, -0.1) is 0 Å². The van der Waals surface area contributed by atoms with Crippen molar-refractivity contribution in [3.8, 4) is 6.07 Å². The molecule has 1 heterocycles. The van der Waals surface area contributed by atoms with Crippen molar-refractivity contribution in [3.63, 3.8) is 0 Å². The number of rotatable bonds is 4. The highest BCUT2D eigenvalue weighted by Crippen LogP contribution is 2.00. The zero-order valence-corrected chi connectivity index (χ0v) is 7.50. The number of hydrogen-bond donors (Lipinski definition) is 2. The highest BCUT2D eigenvalue weighted by molar-refractivity contribution is 7.89. The Morgan fingerprint density at radius 3 is 3.00 bits per heavy atom. The van der Waals surface area contributed by atoms with Gasteiger partial charge in [0.15, 0.2) is 5.03 Å². The van der Waals surface area contributed by atoms with Gasteiger partial charge in [0, 0.05) is 13.0 Å². The number of nitriles is 1. The first-order valence-electron chi connectivity index (χ1n) is 3.52. The largest absolute Gasteiger partial charge is 0.335 e. The van der Waals surface area contributed by atoms with Crippen LogP contribution < -0.4 is 4.72 Å². The van der Waals surface area contributed by atoms with Crippen molar-refractivity contribution in [1.82, 2.24) is 14.7 Å². The van der Waals surface area contributed by atoms with E-state index in [4.69, 9.17) is 5.26 Å². The normalized spacial score (nSPS) is 11.0. The molecular weight excluding hydrogens is 192 g/mol. The molecule has 0 saturated carbocycles. The van der Waals surface area contributed by atoms with Crippen molar-refractivity contribution in [1.29, 1.82) is 5.26 Å². The summed E-state index contributed by atoms with van der Waals surface area (Å²) >= 11 is 0. The van der Waals surface area contributed by atoms with E-state index in [1.165, 1.54) is 12.5 Å². The lowest BCUT2D eigenvalue weighted by Gasteiger charge is -2.00. The Morgan fingerprint density at radius 2 is 2.46 bits per heavy atom. The summed E-state index contributed by atoms with van der Waals surface area (Å²) in [7, 11) is -3.51. The molecule has 0 bridgehead atoms. The van der Waals surface area contributed by atoms with Crippen molar-refractivity contribution >= 4 is 10.0 Å². The second-order valence-corrected chi connectivity index (χ2v) is 3.96. The maximum absolute atomic E-state index is 11.3. The molecule has 0 spiro atoms. The van der Waals surface area contributed by atoms with Gasteiger partial charge >= 0.3 is 0 Å². The van der Waals surface area contributed by atoms with E-state index < -0.39 is 10.0 Å². The zero-order chi connectivity index (χ0) is 9.73. The predicted octanol–water partition coefficient (Wildman–Crippen LogP) is -0.398. The minimum atomic E-state index is -3.51. The van der Waals surface area contributed by atoms with Crippen molar-refractivity contribution in [2.75, 3.05) is 6.54 Å². The predicted molar refractivity (Wildman–Crippen MR) is 44.0 cm³/mol. The Hall–Kier alpha value is -1.39. The van der Waals surface area contributed by atoms with Gasteiger partial charge in [-0.25, -0.2) is 18.1 Å². The van der Waals surface area contributed by atoms with E-state index in [2.05, 4.69) is 14.7 Å². The summed E-state index contributed by atoms with van der Waals surface area (Å²) < 4.78 is 24.8. The summed E-state index contributed by atoms with van der Waals surface area (Å²) in [6.45, 7) is 0.109. The SMILES string of the molecule is N#CCCNS(=O)(=O)c1cnc[nH]1. The van der Waals surface area contributed by atoms with Gasteiger partial charge in [0.25, 0.3) is 10.0 Å². The number of sulfonamides is 1. The highest BCUT2D eigenvalue weighted by Gasteiger charge is 2.13. The molecule has 6 nitrogen and oxygen atoms in total. The second-order valence-electron chi connectivity index (χ2n) is 2.22. The van der Waals surface area contributed by atoms with Gasteiger partial charge in [0.05, 0.1) is 18.6 Å². The van der Waals surface area contributed by atoms with Gasteiger partial charge in [-0.2, -0.15) is 5.26 Å². The van der Waals surface area contributed by atoms with Crippen LogP contribution in [0.3, 0.4) is 0 Å². The average molecular weight is 200 g/mol. The van der Waals surface area contributed by atoms with Crippen LogP contribution in [0.15, 0.2) is 17.6 Å². The van der Waals surface area contributed by atoms with E-state index >= 15 is 0 Å². The first kappa shape index (κ1) is 9.70. The first-order valence-corrected chi connectivity index (χ1v) is 5.00. The van der Waals surface area contributed by atoms with Gasteiger partial charge in [-0.1, -0.05) is 0 Å². The fourth-order valence-corrected chi connectivity index (χ4v) is 1.64. The van der Waals surface area contributed by atoms with E-state index in [1.807, 2.05) is 6.07 Å². The van der Waals surface area contributed by atoms with Crippen LogP contribution in [0.25, 0.3) is 0 Å². The molecule has 0 amide bonds. The van der Waals surface area contributed by atoms with Gasteiger partial charge in [0.2, 0.25) is 0 Å². The lowest BCUT2D eigenvalue weighted by atomic mass is 10.5.